The molecule has 0 radical (unpaired) electrons. The van der Waals surface area contributed by atoms with Crippen molar-refractivity contribution in [1.29, 1.82) is 0 Å². The summed E-state index contributed by atoms with van der Waals surface area (Å²) in [7, 11) is 1.42. The van der Waals surface area contributed by atoms with Gasteiger partial charge < -0.3 is 59.1 Å². The SMILES string of the molecule is COC(=O)[C@]12CC[C@H](C)C[C@H]1C1=CCC3[C@@]4(C)CC[C@H](O[C@H]5C[C@@H](O[C@@H]6OC[C@@H](O)[C@H](O)[C@H]6O)[C@H](O)[C@@H](C(=O)O)O5)[C@@](C)(C=O)C4CC[C@@]3(C)[C@]1(C)C[C@H]2O. The van der Waals surface area contributed by atoms with Crippen LogP contribution in [0.1, 0.15) is 98.8 Å². The van der Waals surface area contributed by atoms with E-state index in [2.05, 4.69) is 33.8 Å². The molecule has 0 aromatic carbocycles. The van der Waals surface area contributed by atoms with Gasteiger partial charge in [0.15, 0.2) is 18.7 Å². The van der Waals surface area contributed by atoms with Gasteiger partial charge in [0.05, 0.1) is 37.4 Å². The summed E-state index contributed by atoms with van der Waals surface area (Å²) in [4.78, 5) is 39.2. The van der Waals surface area contributed by atoms with Crippen LogP contribution >= 0.6 is 0 Å². The molecule has 0 bridgehead atoms. The number of ether oxygens (including phenoxy) is 5. The van der Waals surface area contributed by atoms with E-state index in [0.29, 0.717) is 25.2 Å². The summed E-state index contributed by atoms with van der Waals surface area (Å²) in [5.41, 5.74) is -1.56. The Kier molecular flexibility index (Phi) is 10.8. The van der Waals surface area contributed by atoms with Gasteiger partial charge in [0.2, 0.25) is 0 Å². The summed E-state index contributed by atoms with van der Waals surface area (Å²) in [5.74, 6) is -1.39. The molecule has 14 heteroatoms. The second-order valence-electron chi connectivity index (χ2n) is 19.1. The molecule has 2 unspecified atom stereocenters. The molecule has 0 spiro atoms. The third-order valence-electron chi connectivity index (χ3n) is 16.6. The van der Waals surface area contributed by atoms with Crippen molar-refractivity contribution in [1.82, 2.24) is 0 Å². The highest BCUT2D eigenvalue weighted by Gasteiger charge is 2.71. The Morgan fingerprint density at radius 2 is 1.64 bits per heavy atom. The number of aldehydes is 1. The monoisotopic (exact) mass is 778 g/mol. The van der Waals surface area contributed by atoms with Gasteiger partial charge in [-0.1, -0.05) is 46.3 Å². The molecule has 310 valence electrons. The minimum atomic E-state index is -1.74. The Balaban J connectivity index is 1.14. The highest BCUT2D eigenvalue weighted by Crippen LogP contribution is 2.75. The predicted molar refractivity (Wildman–Crippen MR) is 193 cm³/mol. The number of allylic oxidation sites excluding steroid dienone is 2. The van der Waals surface area contributed by atoms with E-state index in [9.17, 15) is 45.0 Å². The number of aliphatic hydroxyl groups is 5. The summed E-state index contributed by atoms with van der Waals surface area (Å²) >= 11 is 0. The van der Waals surface area contributed by atoms with Crippen LogP contribution in [0.3, 0.4) is 0 Å². The fraction of sp³-hybridized carbons (Fsp3) is 0.878. The van der Waals surface area contributed by atoms with Gasteiger partial charge in [0.1, 0.15) is 36.1 Å². The lowest BCUT2D eigenvalue weighted by molar-refractivity contribution is -0.328. The van der Waals surface area contributed by atoms with Crippen LogP contribution in [-0.2, 0) is 38.1 Å². The normalized spacial score (nSPS) is 53.7. The van der Waals surface area contributed by atoms with E-state index in [1.165, 1.54) is 12.7 Å². The number of methoxy groups -OCH3 is 1. The number of rotatable bonds is 7. The van der Waals surface area contributed by atoms with E-state index < -0.39 is 78.2 Å². The van der Waals surface area contributed by atoms with Crippen molar-refractivity contribution in [2.45, 2.75) is 160 Å². The summed E-state index contributed by atoms with van der Waals surface area (Å²) in [6, 6.07) is 0. The van der Waals surface area contributed by atoms with Crippen LogP contribution in [0.2, 0.25) is 0 Å². The van der Waals surface area contributed by atoms with Gasteiger partial charge >= 0.3 is 11.9 Å². The number of carboxylic acid groups (broad SMARTS) is 1. The highest BCUT2D eigenvalue weighted by molar-refractivity contribution is 5.79. The Labute approximate surface area is 322 Å². The van der Waals surface area contributed by atoms with Gasteiger partial charge in [-0.2, -0.15) is 0 Å². The minimum absolute atomic E-state index is 0.0968. The number of carbonyl (C=O) groups excluding carboxylic acids is 2. The standard InChI is InChI=1S/C41H62O14/c1-20-9-14-41(36(50)51-6)22(15-20)21-7-8-26-37(2)12-11-28(38(3,19-42)25(37)10-13-39(26,4)40(21,5)17-27(41)44)54-29-16-24(31(46)33(55-29)34(48)49)53-35-32(47)30(45)23(43)18-52-35/h7,19-20,22-33,35,43-47H,8-18H2,1-6H3,(H,48,49)/t20-,22-,23+,24+,25?,26?,27+,28-,29+,30-,31-,32+,33-,35-,37-,38-,39+,40+,41+/m0/s1. The molecule has 0 aromatic heterocycles. The molecule has 6 N–H and O–H groups in total. The number of aliphatic carboxylic acids is 1. The number of hydrogen-bond acceptors (Lipinski definition) is 13. The fourth-order valence-electron chi connectivity index (χ4n) is 13.3. The maximum atomic E-state index is 13.6. The van der Waals surface area contributed by atoms with Crippen LogP contribution in [0.4, 0.5) is 0 Å². The largest absolute Gasteiger partial charge is 0.479 e. The van der Waals surface area contributed by atoms with Gasteiger partial charge in [-0.3, -0.25) is 4.79 Å². The van der Waals surface area contributed by atoms with Crippen molar-refractivity contribution in [2.75, 3.05) is 13.7 Å². The first-order chi connectivity index (χ1) is 25.8. The Morgan fingerprint density at radius 1 is 0.909 bits per heavy atom. The molecule has 7 aliphatic rings. The van der Waals surface area contributed by atoms with Crippen LogP contribution in [0, 0.1) is 50.7 Å². The van der Waals surface area contributed by atoms with E-state index in [1.54, 1.807) is 0 Å². The van der Waals surface area contributed by atoms with Crippen molar-refractivity contribution in [3.8, 4) is 0 Å². The zero-order valence-electron chi connectivity index (χ0n) is 33.0. The predicted octanol–water partition coefficient (Wildman–Crippen LogP) is 2.49. The highest BCUT2D eigenvalue weighted by atomic mass is 16.7. The Bertz CT molecular complexity index is 1540. The van der Waals surface area contributed by atoms with Crippen molar-refractivity contribution < 1.29 is 68.7 Å². The van der Waals surface area contributed by atoms with E-state index in [1.807, 2.05) is 6.92 Å². The maximum absolute atomic E-state index is 13.6. The lowest BCUT2D eigenvalue weighted by Gasteiger charge is -2.71. The van der Waals surface area contributed by atoms with Crippen molar-refractivity contribution >= 4 is 18.2 Å². The number of esters is 1. The van der Waals surface area contributed by atoms with Crippen LogP contribution in [0.5, 0.6) is 0 Å². The first-order valence-corrected chi connectivity index (χ1v) is 20.3. The molecular weight excluding hydrogens is 716 g/mol. The van der Waals surface area contributed by atoms with Gasteiger partial charge in [-0.05, 0) is 97.7 Å². The van der Waals surface area contributed by atoms with Gasteiger partial charge in [0, 0.05) is 6.42 Å². The molecule has 2 aliphatic heterocycles. The lowest BCUT2D eigenvalue weighted by atomic mass is 9.33. The van der Waals surface area contributed by atoms with Crippen LogP contribution in [0.25, 0.3) is 0 Å². The van der Waals surface area contributed by atoms with Crippen molar-refractivity contribution in [3.05, 3.63) is 11.6 Å². The van der Waals surface area contributed by atoms with Crippen molar-refractivity contribution in [2.24, 2.45) is 50.7 Å². The molecule has 14 nitrogen and oxygen atoms in total. The quantitative estimate of drug-likeness (QED) is 0.0948. The number of carboxylic acids is 1. The van der Waals surface area contributed by atoms with E-state index in [-0.39, 0.29) is 53.0 Å². The number of aliphatic hydroxyl groups excluding tert-OH is 5. The Hall–Kier alpha value is -2.01. The third kappa shape index (κ3) is 6.01. The van der Waals surface area contributed by atoms with Crippen molar-refractivity contribution in [3.63, 3.8) is 0 Å². The molecule has 19 atom stereocenters. The molecule has 0 aromatic rings. The molecule has 6 fully saturated rings. The molecule has 55 heavy (non-hydrogen) atoms. The van der Waals surface area contributed by atoms with Gasteiger partial charge in [-0.15, -0.1) is 0 Å². The number of hydrogen-bond donors (Lipinski definition) is 6. The second-order valence-corrected chi connectivity index (χ2v) is 19.1. The number of carbonyl (C=O) groups is 3. The van der Waals surface area contributed by atoms with E-state index in [4.69, 9.17) is 23.7 Å². The van der Waals surface area contributed by atoms with Gasteiger partial charge in [-0.25, -0.2) is 4.79 Å². The van der Waals surface area contributed by atoms with Crippen LogP contribution in [0.15, 0.2) is 11.6 Å². The summed E-state index contributed by atoms with van der Waals surface area (Å²) in [6.45, 7) is 10.7. The second kappa shape index (κ2) is 14.4. The average molecular weight is 779 g/mol. The molecule has 5 aliphatic carbocycles. The zero-order valence-corrected chi connectivity index (χ0v) is 33.0. The summed E-state index contributed by atoms with van der Waals surface area (Å²) in [6.07, 6.45) is -3.88. The topological polar surface area (TPSA) is 219 Å². The molecule has 2 heterocycles. The van der Waals surface area contributed by atoms with Gasteiger partial charge in [0.25, 0.3) is 0 Å². The minimum Gasteiger partial charge on any atom is -0.479 e. The Morgan fingerprint density at radius 3 is 2.31 bits per heavy atom. The van der Waals surface area contributed by atoms with E-state index in [0.717, 1.165) is 44.8 Å². The molecule has 2 saturated heterocycles. The first kappa shape index (κ1) is 41.2. The third-order valence-corrected chi connectivity index (χ3v) is 16.6. The average Bonchev–Trinajstić information content (AvgIpc) is 3.14. The lowest BCUT2D eigenvalue weighted by Crippen LogP contribution is -2.68. The van der Waals surface area contributed by atoms with E-state index >= 15 is 0 Å². The molecule has 7 rings (SSSR count). The smallest absolute Gasteiger partial charge is 0.335 e. The molecule has 0 amide bonds. The summed E-state index contributed by atoms with van der Waals surface area (Å²) < 4.78 is 28.9. The summed E-state index contributed by atoms with van der Waals surface area (Å²) in [5, 5.41) is 63.5. The maximum Gasteiger partial charge on any atom is 0.335 e. The van der Waals surface area contributed by atoms with Crippen LogP contribution in [-0.4, -0.2) is 124 Å². The molecule has 4 saturated carbocycles. The zero-order chi connectivity index (χ0) is 40.0. The molecular formula is C41H62O14. The fourth-order valence-corrected chi connectivity index (χ4v) is 13.3. The first-order valence-electron chi connectivity index (χ1n) is 20.3. The number of fused-ring (bicyclic) bond motifs is 7. The van der Waals surface area contributed by atoms with Crippen LogP contribution < -0.4 is 0 Å².